The van der Waals surface area contributed by atoms with E-state index < -0.39 is 0 Å². The zero-order valence-corrected chi connectivity index (χ0v) is 40.6. The van der Waals surface area contributed by atoms with Gasteiger partial charge in [0.15, 0.2) is 5.82 Å². The van der Waals surface area contributed by atoms with Gasteiger partial charge in [-0.15, -0.1) is 0 Å². The van der Waals surface area contributed by atoms with Gasteiger partial charge in [-0.2, -0.15) is 0 Å². The van der Waals surface area contributed by atoms with Crippen LogP contribution < -0.4 is 0 Å². The summed E-state index contributed by atoms with van der Waals surface area (Å²) in [6, 6.07) is 95.4. The minimum Gasteiger partial charge on any atom is -0.456 e. The molecule has 0 fully saturated rings. The maximum absolute atomic E-state index is 6.44. The second kappa shape index (κ2) is 17.3. The summed E-state index contributed by atoms with van der Waals surface area (Å²) < 4.78 is 11.2. The van der Waals surface area contributed by atoms with Crippen LogP contribution in [0.25, 0.3) is 144 Å². The summed E-state index contributed by atoms with van der Waals surface area (Å²) in [5.41, 5.74) is 19.7. The summed E-state index contributed by atoms with van der Waals surface area (Å²) >= 11 is 0. The van der Waals surface area contributed by atoms with Gasteiger partial charge in [0.25, 0.3) is 0 Å². The third-order valence-corrected chi connectivity index (χ3v) is 14.9. The van der Waals surface area contributed by atoms with Crippen LogP contribution in [0.5, 0.6) is 0 Å². The Morgan fingerprint density at radius 3 is 1.25 bits per heavy atom. The molecule has 0 N–H and O–H groups in total. The summed E-state index contributed by atoms with van der Waals surface area (Å²) in [5.74, 6) is 0.617. The molecule has 15 rings (SSSR count). The Balaban J connectivity index is 0.967. The molecule has 11 aromatic carbocycles. The van der Waals surface area contributed by atoms with Crippen molar-refractivity contribution in [3.63, 3.8) is 0 Å². The Morgan fingerprint density at radius 2 is 0.653 bits per heavy atom. The van der Waals surface area contributed by atoms with Crippen molar-refractivity contribution in [3.8, 4) is 78.7 Å². The van der Waals surface area contributed by atoms with E-state index in [1.54, 1.807) is 0 Å². The molecule has 4 heterocycles. The van der Waals surface area contributed by atoms with Crippen LogP contribution in [-0.2, 0) is 0 Å². The number of furan rings is 1. The van der Waals surface area contributed by atoms with E-state index in [-0.39, 0.29) is 0 Å². The topological polar surface area (TPSA) is 48.8 Å². The van der Waals surface area contributed by atoms with Gasteiger partial charge in [-0.1, -0.05) is 176 Å². The van der Waals surface area contributed by atoms with Gasteiger partial charge in [-0.25, -0.2) is 9.97 Å². The van der Waals surface area contributed by atoms with Gasteiger partial charge in [0.1, 0.15) is 11.2 Å². The van der Waals surface area contributed by atoms with Crippen molar-refractivity contribution in [2.75, 3.05) is 0 Å². The first kappa shape index (κ1) is 42.6. The predicted molar refractivity (Wildman–Crippen MR) is 311 cm³/mol. The van der Waals surface area contributed by atoms with Gasteiger partial charge in [-0.05, 0) is 124 Å². The van der Waals surface area contributed by atoms with E-state index in [1.807, 2.05) is 12.1 Å². The Hall–Kier alpha value is -10.1. The zero-order valence-electron chi connectivity index (χ0n) is 40.6. The number of aromatic nitrogens is 4. The molecule has 0 aliphatic rings. The molecule has 5 heteroatoms. The standard InChI is InChI=1S/C70H44N4O/c1-4-16-45(17-5-1)46-28-30-47(31-29-46)62-44-63(72-70(71-62)50-34-37-61-60-24-12-15-27-68(60)75-69(61)43-50)53-39-51(48-32-35-58-56-22-10-13-25-64(56)73(66(58)41-48)54-18-6-2-7-19-54)38-52(40-53)49-33-36-59-57-23-11-14-26-65(57)74(67(59)42-49)55-20-8-3-9-21-55/h1-44H. The number of nitrogens with zero attached hydrogens (tertiary/aromatic N) is 4. The molecule has 0 saturated heterocycles. The van der Waals surface area contributed by atoms with Crippen molar-refractivity contribution in [2.45, 2.75) is 0 Å². The van der Waals surface area contributed by atoms with Crippen molar-refractivity contribution in [1.29, 1.82) is 0 Å². The molecule has 0 aliphatic carbocycles. The Morgan fingerprint density at radius 1 is 0.240 bits per heavy atom. The molecular weight excluding hydrogens is 913 g/mol. The number of fused-ring (bicyclic) bond motifs is 9. The summed E-state index contributed by atoms with van der Waals surface area (Å²) in [6.45, 7) is 0. The van der Waals surface area contributed by atoms with Crippen LogP contribution in [0.1, 0.15) is 0 Å². The summed E-state index contributed by atoms with van der Waals surface area (Å²) in [5, 5.41) is 7.00. The van der Waals surface area contributed by atoms with Crippen molar-refractivity contribution in [2.24, 2.45) is 0 Å². The van der Waals surface area contributed by atoms with E-state index in [9.17, 15) is 0 Å². The molecule has 4 aromatic heterocycles. The quantitative estimate of drug-likeness (QED) is 0.152. The van der Waals surface area contributed by atoms with Gasteiger partial charge in [0.2, 0.25) is 0 Å². The predicted octanol–water partition coefficient (Wildman–Crippen LogP) is 18.6. The Labute approximate surface area is 432 Å². The zero-order chi connectivity index (χ0) is 49.4. The minimum absolute atomic E-state index is 0.617. The van der Waals surface area contributed by atoms with E-state index in [2.05, 4.69) is 264 Å². The van der Waals surface area contributed by atoms with Crippen LogP contribution in [-0.4, -0.2) is 19.1 Å². The van der Waals surface area contributed by atoms with Gasteiger partial charge in [0.05, 0.1) is 33.5 Å². The Bertz CT molecular complexity index is 4510. The molecule has 0 radical (unpaired) electrons. The number of hydrogen-bond donors (Lipinski definition) is 0. The average molecular weight is 957 g/mol. The summed E-state index contributed by atoms with van der Waals surface area (Å²) in [6.07, 6.45) is 0. The van der Waals surface area contributed by atoms with Crippen molar-refractivity contribution in [1.82, 2.24) is 19.1 Å². The van der Waals surface area contributed by atoms with E-state index in [1.165, 1.54) is 38.1 Å². The molecule has 75 heavy (non-hydrogen) atoms. The van der Waals surface area contributed by atoms with Crippen molar-refractivity contribution < 1.29 is 4.42 Å². The van der Waals surface area contributed by atoms with Gasteiger partial charge < -0.3 is 13.6 Å². The summed E-state index contributed by atoms with van der Waals surface area (Å²) in [4.78, 5) is 10.9. The fourth-order valence-corrected chi connectivity index (χ4v) is 11.3. The molecule has 0 spiro atoms. The van der Waals surface area contributed by atoms with Gasteiger partial charge >= 0.3 is 0 Å². The smallest absolute Gasteiger partial charge is 0.160 e. The van der Waals surface area contributed by atoms with Crippen LogP contribution in [0.3, 0.4) is 0 Å². The average Bonchev–Trinajstić information content (AvgIpc) is 4.18. The van der Waals surface area contributed by atoms with Crippen LogP contribution >= 0.6 is 0 Å². The third-order valence-electron chi connectivity index (χ3n) is 14.9. The highest BCUT2D eigenvalue weighted by Gasteiger charge is 2.19. The molecule has 0 saturated carbocycles. The molecule has 0 bridgehead atoms. The second-order valence-corrected chi connectivity index (χ2v) is 19.4. The molecule has 0 atom stereocenters. The molecule has 15 aromatic rings. The highest BCUT2D eigenvalue weighted by Crippen LogP contribution is 2.41. The van der Waals surface area contributed by atoms with Crippen LogP contribution in [0.4, 0.5) is 0 Å². The lowest BCUT2D eigenvalue weighted by Gasteiger charge is -2.14. The normalized spacial score (nSPS) is 11.7. The molecule has 0 unspecified atom stereocenters. The van der Waals surface area contributed by atoms with E-state index in [4.69, 9.17) is 14.4 Å². The maximum Gasteiger partial charge on any atom is 0.160 e. The highest BCUT2D eigenvalue weighted by atomic mass is 16.3. The maximum atomic E-state index is 6.44. The minimum atomic E-state index is 0.617. The van der Waals surface area contributed by atoms with E-state index in [0.29, 0.717) is 5.82 Å². The van der Waals surface area contributed by atoms with Crippen LogP contribution in [0.15, 0.2) is 271 Å². The first-order valence-electron chi connectivity index (χ1n) is 25.5. The SMILES string of the molecule is c1ccc(-c2ccc(-c3cc(-c4cc(-c5ccc6c7ccccc7n(-c7ccccc7)c6c5)cc(-c5ccc6c7ccccc7n(-c7ccccc7)c6c5)c4)nc(-c4ccc5c(c4)oc4ccccc45)n3)cc2)cc1. The first-order chi connectivity index (χ1) is 37.1. The van der Waals surface area contributed by atoms with E-state index >= 15 is 0 Å². The van der Waals surface area contributed by atoms with E-state index in [0.717, 1.165) is 100 Å². The van der Waals surface area contributed by atoms with Gasteiger partial charge in [-0.3, -0.25) is 0 Å². The largest absolute Gasteiger partial charge is 0.456 e. The lowest BCUT2D eigenvalue weighted by molar-refractivity contribution is 0.669. The monoisotopic (exact) mass is 956 g/mol. The Kier molecular flexibility index (Phi) is 9.82. The number of rotatable bonds is 8. The van der Waals surface area contributed by atoms with Crippen LogP contribution in [0, 0.1) is 0 Å². The fourth-order valence-electron chi connectivity index (χ4n) is 11.3. The van der Waals surface area contributed by atoms with Crippen molar-refractivity contribution >= 4 is 65.6 Å². The molecule has 0 aliphatic heterocycles. The van der Waals surface area contributed by atoms with Gasteiger partial charge in [0, 0.05) is 60.4 Å². The molecule has 5 nitrogen and oxygen atoms in total. The number of para-hydroxylation sites is 5. The molecule has 0 amide bonds. The third kappa shape index (κ3) is 7.24. The number of hydrogen-bond acceptors (Lipinski definition) is 3. The fraction of sp³-hybridized carbons (Fsp3) is 0. The highest BCUT2D eigenvalue weighted by molar-refractivity contribution is 6.12. The molecular formula is C70H44N4O. The lowest BCUT2D eigenvalue weighted by atomic mass is 9.93. The van der Waals surface area contributed by atoms with Crippen LogP contribution in [0.2, 0.25) is 0 Å². The van der Waals surface area contributed by atoms with Crippen molar-refractivity contribution in [3.05, 3.63) is 267 Å². The summed E-state index contributed by atoms with van der Waals surface area (Å²) in [7, 11) is 0. The lowest BCUT2D eigenvalue weighted by Crippen LogP contribution is -1.97. The number of benzene rings is 11. The second-order valence-electron chi connectivity index (χ2n) is 19.4. The molecule has 350 valence electrons. The first-order valence-corrected chi connectivity index (χ1v) is 25.5.